The average molecular weight is 590 g/mol. The largest absolute Gasteiger partial charge is 0.490 e. The minimum Gasteiger partial charge on any atom is -0.490 e. The number of hydrogen-bond donors (Lipinski definition) is 0. The molecule has 0 aliphatic heterocycles. The van der Waals surface area contributed by atoms with E-state index in [2.05, 4.69) is 11.7 Å². The van der Waals surface area contributed by atoms with Gasteiger partial charge in [-0.1, -0.05) is 60.1 Å². The summed E-state index contributed by atoms with van der Waals surface area (Å²) in [6, 6.07) is 28.0. The Hall–Kier alpha value is -5.14. The highest BCUT2D eigenvalue weighted by atomic mass is 35.5. The maximum absolute atomic E-state index is 13.7. The molecule has 0 unspecified atom stereocenters. The number of nitrogens with zero attached hydrogens (tertiary/aromatic N) is 3. The quantitative estimate of drug-likeness (QED) is 0.119. The van der Waals surface area contributed by atoms with E-state index in [9.17, 15) is 4.79 Å². The third-order valence-electron chi connectivity index (χ3n) is 6.82. The molecule has 0 radical (unpaired) electrons. The fourth-order valence-corrected chi connectivity index (χ4v) is 5.04. The summed E-state index contributed by atoms with van der Waals surface area (Å²) >= 11 is 6.20. The molecule has 0 N–H and O–H groups in total. The number of allylic oxidation sites excluding steroid dienone is 1. The second kappa shape index (κ2) is 12.4. The van der Waals surface area contributed by atoms with Crippen LogP contribution < -0.4 is 15.0 Å². The summed E-state index contributed by atoms with van der Waals surface area (Å²) < 4.78 is 19.6. The van der Waals surface area contributed by atoms with Crippen LogP contribution >= 0.6 is 11.6 Å². The van der Waals surface area contributed by atoms with Crippen molar-refractivity contribution in [2.75, 3.05) is 6.61 Å². The van der Waals surface area contributed by atoms with Crippen LogP contribution in [0, 0.1) is 0 Å². The van der Waals surface area contributed by atoms with Crippen molar-refractivity contribution in [3.8, 4) is 23.1 Å². The third-order valence-corrected chi connectivity index (χ3v) is 7.05. The van der Waals surface area contributed by atoms with Gasteiger partial charge in [-0.15, -0.1) is 6.58 Å². The lowest BCUT2D eigenvalue weighted by Gasteiger charge is -2.17. The zero-order valence-corrected chi connectivity index (χ0v) is 24.3. The van der Waals surface area contributed by atoms with E-state index in [1.54, 1.807) is 48.7 Å². The predicted octanol–water partition coefficient (Wildman–Crippen LogP) is 8.05. The van der Waals surface area contributed by atoms with Gasteiger partial charge in [0.15, 0.2) is 17.3 Å². The third kappa shape index (κ3) is 5.94. The maximum atomic E-state index is 13.7. The highest BCUT2D eigenvalue weighted by molar-refractivity contribution is 6.31. The Morgan fingerprint density at radius 1 is 1.00 bits per heavy atom. The van der Waals surface area contributed by atoms with E-state index in [1.165, 1.54) is 4.68 Å². The molecule has 6 rings (SSSR count). The van der Waals surface area contributed by atoms with Crippen LogP contribution in [0.2, 0.25) is 5.02 Å². The normalized spacial score (nSPS) is 11.4. The number of furan rings is 1. The van der Waals surface area contributed by atoms with E-state index in [0.29, 0.717) is 58.4 Å². The maximum Gasteiger partial charge on any atom is 0.282 e. The molecule has 0 aliphatic rings. The fraction of sp³-hybridized carbons (Fsp3) is 0.114. The molecule has 2 aromatic heterocycles. The molecule has 214 valence electrons. The lowest BCUT2D eigenvalue weighted by atomic mass is 10.1. The van der Waals surface area contributed by atoms with Crippen LogP contribution in [-0.4, -0.2) is 22.5 Å². The van der Waals surface area contributed by atoms with E-state index < -0.39 is 0 Å². The minimum absolute atomic E-state index is 0.270. The molecule has 0 atom stereocenters. The van der Waals surface area contributed by atoms with Crippen molar-refractivity contribution in [1.29, 1.82) is 0 Å². The zero-order valence-electron chi connectivity index (χ0n) is 23.5. The predicted molar refractivity (Wildman–Crippen MR) is 171 cm³/mol. The first-order valence-corrected chi connectivity index (χ1v) is 14.2. The smallest absolute Gasteiger partial charge is 0.282 e. The Kier molecular flexibility index (Phi) is 8.07. The number of benzene rings is 4. The second-order valence-electron chi connectivity index (χ2n) is 9.81. The first kappa shape index (κ1) is 28.0. The summed E-state index contributed by atoms with van der Waals surface area (Å²) in [5.74, 6) is 1.89. The lowest BCUT2D eigenvalue weighted by Crippen LogP contribution is -2.20. The average Bonchev–Trinajstić information content (AvgIpc) is 3.44. The van der Waals surface area contributed by atoms with Crippen LogP contribution in [0.4, 0.5) is 0 Å². The van der Waals surface area contributed by atoms with E-state index in [-0.39, 0.29) is 11.4 Å². The van der Waals surface area contributed by atoms with Crippen molar-refractivity contribution in [2.45, 2.75) is 20.0 Å². The van der Waals surface area contributed by atoms with Crippen LogP contribution in [0.25, 0.3) is 33.5 Å². The van der Waals surface area contributed by atoms with Gasteiger partial charge in [-0.25, -0.2) is 4.98 Å². The van der Waals surface area contributed by atoms with Gasteiger partial charge < -0.3 is 13.9 Å². The molecule has 0 fully saturated rings. The van der Waals surface area contributed by atoms with E-state index in [0.717, 1.165) is 22.1 Å². The number of halogens is 1. The van der Waals surface area contributed by atoms with Gasteiger partial charge in [0.25, 0.3) is 5.56 Å². The number of para-hydroxylation sites is 1. The molecule has 0 saturated heterocycles. The molecule has 4 aromatic carbocycles. The van der Waals surface area contributed by atoms with Crippen molar-refractivity contribution in [3.63, 3.8) is 0 Å². The molecular weight excluding hydrogens is 562 g/mol. The van der Waals surface area contributed by atoms with Crippen molar-refractivity contribution in [3.05, 3.63) is 136 Å². The molecule has 7 nitrogen and oxygen atoms in total. The Morgan fingerprint density at radius 3 is 2.63 bits per heavy atom. The van der Waals surface area contributed by atoms with Crippen LogP contribution in [0.3, 0.4) is 0 Å². The molecule has 43 heavy (non-hydrogen) atoms. The van der Waals surface area contributed by atoms with Crippen LogP contribution in [0.1, 0.15) is 23.6 Å². The zero-order chi connectivity index (χ0) is 29.8. The number of fused-ring (bicyclic) bond motifs is 2. The summed E-state index contributed by atoms with van der Waals surface area (Å²) in [4.78, 5) is 18.5. The summed E-state index contributed by atoms with van der Waals surface area (Å²) in [7, 11) is 0. The van der Waals surface area contributed by atoms with Gasteiger partial charge in [0.2, 0.25) is 5.82 Å². The van der Waals surface area contributed by atoms with Crippen LogP contribution in [0.15, 0.2) is 118 Å². The number of rotatable bonds is 10. The summed E-state index contributed by atoms with van der Waals surface area (Å²) in [5, 5.41) is 6.44. The summed E-state index contributed by atoms with van der Waals surface area (Å²) in [5.41, 5.74) is 3.49. The summed E-state index contributed by atoms with van der Waals surface area (Å²) in [6.45, 7) is 6.68. The molecule has 0 aliphatic carbocycles. The van der Waals surface area contributed by atoms with Gasteiger partial charge in [0.1, 0.15) is 12.2 Å². The highest BCUT2D eigenvalue weighted by Crippen LogP contribution is 2.35. The Labute approximate surface area is 253 Å². The van der Waals surface area contributed by atoms with Gasteiger partial charge in [-0.05, 0) is 73.0 Å². The highest BCUT2D eigenvalue weighted by Gasteiger charge is 2.18. The topological polar surface area (TPSA) is 78.9 Å². The molecule has 0 saturated carbocycles. The van der Waals surface area contributed by atoms with Crippen molar-refractivity contribution < 1.29 is 13.9 Å². The molecule has 8 heteroatoms. The molecule has 0 bridgehead atoms. The summed E-state index contributed by atoms with van der Waals surface area (Å²) in [6.07, 6.45) is 3.97. The SMILES string of the molecule is C=CCc1cc(C=Nn2c(-c3cc4cc(Cl)ccc4o3)nc3ccccc3c2=O)cc(OCC)c1OCc1ccccc1. The van der Waals surface area contributed by atoms with Crippen LogP contribution in [0.5, 0.6) is 11.5 Å². The van der Waals surface area contributed by atoms with E-state index >= 15 is 0 Å². The van der Waals surface area contributed by atoms with Gasteiger partial charge >= 0.3 is 0 Å². The molecule has 6 aromatic rings. The Balaban J connectivity index is 1.44. The molecular formula is C35H28ClN3O4. The number of aromatic nitrogens is 2. The van der Waals surface area contributed by atoms with Gasteiger partial charge in [0, 0.05) is 16.0 Å². The van der Waals surface area contributed by atoms with Crippen molar-refractivity contribution in [1.82, 2.24) is 9.66 Å². The Morgan fingerprint density at radius 2 is 1.81 bits per heavy atom. The van der Waals surface area contributed by atoms with E-state index in [1.807, 2.05) is 61.5 Å². The first-order valence-electron chi connectivity index (χ1n) is 13.9. The lowest BCUT2D eigenvalue weighted by molar-refractivity contribution is 0.267. The van der Waals surface area contributed by atoms with Gasteiger partial charge in [-0.2, -0.15) is 9.78 Å². The fourth-order valence-electron chi connectivity index (χ4n) is 4.86. The second-order valence-corrected chi connectivity index (χ2v) is 10.3. The standard InChI is InChI=1S/C35H28ClN3O4/c1-3-10-25-17-24(18-31(41-4-2)33(25)42-22-23-11-6-5-7-12-23)21-37-39-34(38-29-14-9-8-13-28(29)35(39)40)32-20-26-19-27(36)15-16-30(26)43-32/h3,5-9,11-21H,1,4,10,22H2,2H3. The molecule has 2 heterocycles. The molecule has 0 spiro atoms. The minimum atomic E-state index is -0.325. The molecule has 0 amide bonds. The van der Waals surface area contributed by atoms with Gasteiger partial charge in [-0.3, -0.25) is 4.79 Å². The van der Waals surface area contributed by atoms with Crippen molar-refractivity contribution >= 4 is 39.7 Å². The Bertz CT molecular complexity index is 2030. The van der Waals surface area contributed by atoms with Gasteiger partial charge in [0.05, 0.1) is 23.7 Å². The van der Waals surface area contributed by atoms with Crippen LogP contribution in [-0.2, 0) is 13.0 Å². The monoisotopic (exact) mass is 589 g/mol. The number of ether oxygens (including phenoxy) is 2. The van der Waals surface area contributed by atoms with Crippen molar-refractivity contribution in [2.24, 2.45) is 5.10 Å². The number of hydrogen-bond acceptors (Lipinski definition) is 6. The first-order chi connectivity index (χ1) is 21.0. The van der Waals surface area contributed by atoms with E-state index in [4.69, 9.17) is 30.5 Å².